The van der Waals surface area contributed by atoms with E-state index in [4.69, 9.17) is 0 Å². The topological polar surface area (TPSA) is 127 Å². The minimum atomic E-state index is -3.47. The molecule has 2 aliphatic rings. The molecule has 0 atom stereocenters. The first-order valence-electron chi connectivity index (χ1n) is 12.5. The molecule has 1 aliphatic carbocycles. The highest BCUT2D eigenvalue weighted by molar-refractivity contribution is 7.87. The lowest BCUT2D eigenvalue weighted by atomic mass is 10.2. The van der Waals surface area contributed by atoms with Crippen molar-refractivity contribution in [3.8, 4) is 0 Å². The highest BCUT2D eigenvalue weighted by Gasteiger charge is 2.26. The number of pyridine rings is 1. The summed E-state index contributed by atoms with van der Waals surface area (Å²) in [5.74, 6) is 2.12. The third-order valence-corrected chi connectivity index (χ3v) is 7.55. The highest BCUT2D eigenvalue weighted by atomic mass is 32.2. The molecule has 12 heteroatoms. The van der Waals surface area contributed by atoms with Crippen molar-refractivity contribution in [2.45, 2.75) is 32.4 Å². The average molecular weight is 524 g/mol. The summed E-state index contributed by atoms with van der Waals surface area (Å²) < 4.78 is 29.2. The molecule has 0 amide bonds. The van der Waals surface area contributed by atoms with Crippen molar-refractivity contribution in [3.63, 3.8) is 0 Å². The zero-order valence-electron chi connectivity index (χ0n) is 21.1. The van der Waals surface area contributed by atoms with Crippen molar-refractivity contribution in [1.82, 2.24) is 29.3 Å². The molecule has 4 N–H and O–H groups in total. The molecule has 2 fully saturated rings. The Hall–Kier alpha value is -3.32. The number of hydrogen-bond acceptors (Lipinski definition) is 9. The number of nitrogens with one attached hydrogen (secondary N) is 4. The highest BCUT2D eigenvalue weighted by Crippen LogP contribution is 2.23. The third kappa shape index (κ3) is 7.13. The predicted molar refractivity (Wildman–Crippen MR) is 146 cm³/mol. The van der Waals surface area contributed by atoms with E-state index >= 15 is 0 Å². The van der Waals surface area contributed by atoms with Gasteiger partial charge < -0.3 is 20.4 Å². The van der Waals surface area contributed by atoms with E-state index in [-0.39, 0.29) is 12.6 Å². The summed E-state index contributed by atoms with van der Waals surface area (Å²) in [6.07, 6.45) is 5.37. The summed E-state index contributed by atoms with van der Waals surface area (Å²) in [5, 5.41) is 6.55. The van der Waals surface area contributed by atoms with Crippen molar-refractivity contribution >= 4 is 39.2 Å². The largest absolute Gasteiger partial charge is 0.354 e. The monoisotopic (exact) mass is 523 g/mol. The van der Waals surface area contributed by atoms with Crippen molar-refractivity contribution in [2.24, 2.45) is 0 Å². The number of benzene rings is 1. The summed E-state index contributed by atoms with van der Waals surface area (Å²) >= 11 is 0. The van der Waals surface area contributed by atoms with E-state index in [9.17, 15) is 8.42 Å². The average Bonchev–Trinajstić information content (AvgIpc) is 3.70. The molecular formula is C25H33N9O2S. The van der Waals surface area contributed by atoms with Gasteiger partial charge >= 0.3 is 0 Å². The van der Waals surface area contributed by atoms with Gasteiger partial charge in [-0.3, -0.25) is 0 Å². The van der Waals surface area contributed by atoms with E-state index in [1.54, 1.807) is 12.4 Å². The van der Waals surface area contributed by atoms with Crippen LogP contribution < -0.4 is 25.0 Å². The fourth-order valence-electron chi connectivity index (χ4n) is 3.92. The van der Waals surface area contributed by atoms with Gasteiger partial charge in [0.05, 0.1) is 11.9 Å². The molecule has 0 bridgehead atoms. The summed E-state index contributed by atoms with van der Waals surface area (Å²) in [6.45, 7) is 6.18. The molecule has 0 unspecified atom stereocenters. The SMILES string of the molecule is Cc1cnc(Nc2ccc(N3CCN(C)CC3)nc2)nc1Nc1ccc(CNS(=O)(=O)NC2CC2)cc1. The Kier molecular flexibility index (Phi) is 7.51. The Morgan fingerprint density at radius 2 is 1.65 bits per heavy atom. The molecule has 0 radical (unpaired) electrons. The maximum absolute atomic E-state index is 12.0. The van der Waals surface area contributed by atoms with Crippen molar-refractivity contribution < 1.29 is 8.42 Å². The smallest absolute Gasteiger partial charge is 0.277 e. The summed E-state index contributed by atoms with van der Waals surface area (Å²) in [7, 11) is -1.33. The number of nitrogens with zero attached hydrogens (tertiary/aromatic N) is 5. The lowest BCUT2D eigenvalue weighted by Gasteiger charge is -2.33. The van der Waals surface area contributed by atoms with Crippen LogP contribution in [0.15, 0.2) is 48.8 Å². The third-order valence-electron chi connectivity index (χ3n) is 6.39. The van der Waals surface area contributed by atoms with Crippen LogP contribution in [-0.4, -0.2) is 67.5 Å². The number of piperazine rings is 1. The van der Waals surface area contributed by atoms with Gasteiger partial charge in [0.25, 0.3) is 10.2 Å². The second-order valence-electron chi connectivity index (χ2n) is 9.58. The van der Waals surface area contributed by atoms with Crippen molar-refractivity contribution in [3.05, 3.63) is 59.9 Å². The van der Waals surface area contributed by atoms with Crippen LogP contribution >= 0.6 is 0 Å². The van der Waals surface area contributed by atoms with Gasteiger partial charge in [-0.25, -0.2) is 9.97 Å². The van der Waals surface area contributed by atoms with Gasteiger partial charge in [-0.05, 0) is 56.6 Å². The molecular weight excluding hydrogens is 490 g/mol. The van der Waals surface area contributed by atoms with Crippen LogP contribution in [0.25, 0.3) is 0 Å². The number of rotatable bonds is 10. The van der Waals surface area contributed by atoms with Crippen LogP contribution in [0.1, 0.15) is 24.0 Å². The zero-order chi connectivity index (χ0) is 25.8. The van der Waals surface area contributed by atoms with Crippen LogP contribution in [0.4, 0.5) is 29.0 Å². The molecule has 11 nitrogen and oxygen atoms in total. The van der Waals surface area contributed by atoms with Gasteiger partial charge in [0.15, 0.2) is 0 Å². The minimum Gasteiger partial charge on any atom is -0.354 e. The maximum atomic E-state index is 12.0. The van der Waals surface area contributed by atoms with E-state index in [1.807, 2.05) is 43.3 Å². The van der Waals surface area contributed by atoms with Crippen LogP contribution in [0, 0.1) is 6.92 Å². The second kappa shape index (κ2) is 11.0. The number of likely N-dealkylation sites (N-methyl/N-ethyl adjacent to an activating group) is 1. The molecule has 1 saturated carbocycles. The molecule has 0 spiro atoms. The lowest BCUT2D eigenvalue weighted by Crippen LogP contribution is -2.44. The normalized spacial score (nSPS) is 16.5. The van der Waals surface area contributed by atoms with Crippen LogP contribution in [0.5, 0.6) is 0 Å². The van der Waals surface area contributed by atoms with E-state index in [0.717, 1.165) is 67.3 Å². The van der Waals surface area contributed by atoms with Crippen LogP contribution in [0.3, 0.4) is 0 Å². The fourth-order valence-corrected chi connectivity index (χ4v) is 5.04. The van der Waals surface area contributed by atoms with Crippen LogP contribution in [0.2, 0.25) is 0 Å². The molecule has 5 rings (SSSR count). The number of hydrogen-bond donors (Lipinski definition) is 4. The minimum absolute atomic E-state index is 0.0808. The number of anilines is 5. The molecule has 37 heavy (non-hydrogen) atoms. The summed E-state index contributed by atoms with van der Waals surface area (Å²) in [6, 6.07) is 11.6. The molecule has 196 valence electrons. The Morgan fingerprint density at radius 1 is 0.919 bits per heavy atom. The maximum Gasteiger partial charge on any atom is 0.277 e. The first-order valence-corrected chi connectivity index (χ1v) is 13.9. The number of aryl methyl sites for hydroxylation is 1. The van der Waals surface area contributed by atoms with E-state index in [1.165, 1.54) is 0 Å². The molecule has 3 aromatic rings. The Bertz CT molecular complexity index is 1300. The van der Waals surface area contributed by atoms with Gasteiger partial charge in [0, 0.05) is 56.2 Å². The first-order chi connectivity index (χ1) is 17.8. The second-order valence-corrected chi connectivity index (χ2v) is 11.1. The predicted octanol–water partition coefficient (Wildman–Crippen LogP) is 2.51. The number of aromatic nitrogens is 3. The van der Waals surface area contributed by atoms with Gasteiger partial charge in [-0.1, -0.05) is 12.1 Å². The van der Waals surface area contributed by atoms with Gasteiger partial charge in [0.2, 0.25) is 5.95 Å². The van der Waals surface area contributed by atoms with E-state index in [0.29, 0.717) is 11.8 Å². The molecule has 1 saturated heterocycles. The van der Waals surface area contributed by atoms with E-state index in [2.05, 4.69) is 51.9 Å². The van der Waals surface area contributed by atoms with E-state index < -0.39 is 10.2 Å². The molecule has 3 heterocycles. The van der Waals surface area contributed by atoms with Gasteiger partial charge in [-0.2, -0.15) is 22.8 Å². The van der Waals surface area contributed by atoms with Crippen molar-refractivity contribution in [1.29, 1.82) is 0 Å². The van der Waals surface area contributed by atoms with Crippen molar-refractivity contribution in [2.75, 3.05) is 48.8 Å². The Balaban J connectivity index is 1.18. The Labute approximate surface area is 217 Å². The summed E-state index contributed by atoms with van der Waals surface area (Å²) in [5.41, 5.74) is 3.42. The van der Waals surface area contributed by atoms with Crippen LogP contribution in [-0.2, 0) is 16.8 Å². The standard InChI is InChI=1S/C25H33N9O2S/c1-18-15-27-25(30-22-9-10-23(26-17-22)34-13-11-33(2)12-14-34)31-24(18)29-20-5-3-19(4-6-20)16-28-37(35,36)32-21-7-8-21/h3-6,9-10,15,17,21,28,32H,7-8,11-14,16H2,1-2H3,(H2,27,29,30,31). The van der Waals surface area contributed by atoms with Gasteiger partial charge in [0.1, 0.15) is 11.6 Å². The fraction of sp³-hybridized carbons (Fsp3) is 0.400. The molecule has 1 aliphatic heterocycles. The lowest BCUT2D eigenvalue weighted by molar-refractivity contribution is 0.312. The Morgan fingerprint density at radius 3 is 2.32 bits per heavy atom. The first kappa shape index (κ1) is 25.3. The van der Waals surface area contributed by atoms with Gasteiger partial charge in [-0.15, -0.1) is 0 Å². The zero-order valence-corrected chi connectivity index (χ0v) is 21.9. The molecule has 2 aromatic heterocycles. The molecule has 1 aromatic carbocycles. The quantitative estimate of drug-likeness (QED) is 0.317. The summed E-state index contributed by atoms with van der Waals surface area (Å²) in [4.78, 5) is 18.3.